The molecule has 0 fully saturated rings. The molecule has 0 amide bonds. The molecule has 3 aromatic rings. The molecule has 3 rings (SSSR count). The molecule has 8 heteroatoms. The van der Waals surface area contributed by atoms with Crippen molar-refractivity contribution in [2.75, 3.05) is 0 Å². The highest BCUT2D eigenvalue weighted by Crippen LogP contribution is 2.37. The molecule has 1 N–H and O–H groups in total. The van der Waals surface area contributed by atoms with Gasteiger partial charge in [-0.2, -0.15) is 13.2 Å². The van der Waals surface area contributed by atoms with Crippen LogP contribution >= 0.6 is 0 Å². The van der Waals surface area contributed by atoms with Crippen LogP contribution in [0.5, 0.6) is 0 Å². The second-order valence-corrected chi connectivity index (χ2v) is 7.13. The third kappa shape index (κ3) is 4.28. The highest BCUT2D eigenvalue weighted by atomic mass is 32.2. The molecule has 28 heavy (non-hydrogen) atoms. The third-order valence-corrected chi connectivity index (χ3v) is 4.83. The van der Waals surface area contributed by atoms with Gasteiger partial charge in [-0.15, -0.1) is 0 Å². The van der Waals surface area contributed by atoms with Crippen molar-refractivity contribution in [3.8, 4) is 22.4 Å². The second kappa shape index (κ2) is 7.81. The van der Waals surface area contributed by atoms with Gasteiger partial charge >= 0.3 is 6.18 Å². The van der Waals surface area contributed by atoms with Gasteiger partial charge in [0, 0.05) is 22.9 Å². The maximum atomic E-state index is 14.3. The monoisotopic (exact) mass is 409 g/mol. The quantitative estimate of drug-likeness (QED) is 0.451. The summed E-state index contributed by atoms with van der Waals surface area (Å²) in [5, 5.41) is 0. The van der Waals surface area contributed by atoms with Gasteiger partial charge in [0.15, 0.2) is 11.1 Å². The van der Waals surface area contributed by atoms with Crippen LogP contribution in [0.1, 0.15) is 16.7 Å². The molecule has 146 valence electrons. The zero-order chi connectivity index (χ0) is 20.5. The lowest BCUT2D eigenvalue weighted by Gasteiger charge is -2.14. The van der Waals surface area contributed by atoms with Crippen LogP contribution in [0.15, 0.2) is 54.7 Å². The summed E-state index contributed by atoms with van der Waals surface area (Å²) in [5.41, 5.74) is 0.829. The fourth-order valence-electron chi connectivity index (χ4n) is 2.91. The number of aromatic nitrogens is 1. The fraction of sp³-hybridized carbons (Fsp3) is 0.150. The molecular weight excluding hydrogens is 394 g/mol. The summed E-state index contributed by atoms with van der Waals surface area (Å²) in [7, 11) is 0. The van der Waals surface area contributed by atoms with Gasteiger partial charge < -0.3 is 4.55 Å². The van der Waals surface area contributed by atoms with Crippen molar-refractivity contribution >= 4 is 11.1 Å². The molecule has 0 spiro atoms. The van der Waals surface area contributed by atoms with Crippen LogP contribution < -0.4 is 0 Å². The van der Waals surface area contributed by atoms with Crippen molar-refractivity contribution in [1.29, 1.82) is 0 Å². The van der Waals surface area contributed by atoms with Crippen molar-refractivity contribution in [2.45, 2.75) is 18.9 Å². The molecule has 0 aliphatic carbocycles. The Morgan fingerprint density at radius 1 is 1.07 bits per heavy atom. The maximum absolute atomic E-state index is 14.3. The SMILES string of the molecule is Cc1ccc(-c2cccnc2-c2ccc(CS(=O)O)c(F)c2)cc1C(F)(F)F. The number of aryl methyl sites for hydroxylation is 1. The van der Waals surface area contributed by atoms with Crippen LogP contribution in [-0.2, 0) is 23.0 Å². The van der Waals surface area contributed by atoms with E-state index in [1.165, 1.54) is 31.3 Å². The first-order valence-corrected chi connectivity index (χ1v) is 9.44. The zero-order valence-electron chi connectivity index (χ0n) is 14.6. The molecule has 0 saturated heterocycles. The summed E-state index contributed by atoms with van der Waals surface area (Å²) < 4.78 is 73.9. The van der Waals surface area contributed by atoms with Crippen LogP contribution in [0.3, 0.4) is 0 Å². The average molecular weight is 409 g/mol. The van der Waals surface area contributed by atoms with Gasteiger partial charge in [0.05, 0.1) is 17.0 Å². The topological polar surface area (TPSA) is 50.2 Å². The maximum Gasteiger partial charge on any atom is 0.416 e. The summed E-state index contributed by atoms with van der Waals surface area (Å²) in [6, 6.07) is 11.2. The molecular formula is C20H15F4NO2S. The van der Waals surface area contributed by atoms with E-state index >= 15 is 0 Å². The first kappa shape index (κ1) is 20.2. The van der Waals surface area contributed by atoms with E-state index in [0.717, 1.165) is 12.1 Å². The highest BCUT2D eigenvalue weighted by molar-refractivity contribution is 7.78. The predicted molar refractivity (Wildman–Crippen MR) is 99.3 cm³/mol. The van der Waals surface area contributed by atoms with Crippen LogP contribution in [-0.4, -0.2) is 13.7 Å². The predicted octanol–water partition coefficient (Wildman–Crippen LogP) is 5.60. The minimum absolute atomic E-state index is 0.0664. The molecule has 0 saturated carbocycles. The molecule has 0 radical (unpaired) electrons. The molecule has 1 heterocycles. The molecule has 2 aromatic carbocycles. The van der Waals surface area contributed by atoms with Crippen molar-refractivity contribution in [2.24, 2.45) is 0 Å². The molecule has 1 unspecified atom stereocenters. The number of pyridine rings is 1. The zero-order valence-corrected chi connectivity index (χ0v) is 15.4. The smallest absolute Gasteiger partial charge is 0.306 e. The molecule has 0 bridgehead atoms. The van der Waals surface area contributed by atoms with Crippen molar-refractivity contribution in [3.05, 3.63) is 77.2 Å². The van der Waals surface area contributed by atoms with Crippen LogP contribution in [0, 0.1) is 12.7 Å². The lowest BCUT2D eigenvalue weighted by molar-refractivity contribution is -0.138. The Morgan fingerprint density at radius 2 is 1.79 bits per heavy atom. The standard InChI is InChI=1S/C20H15F4NO2S/c1-12-4-5-13(9-17(12)20(22,23)24)16-3-2-8-25-19(16)14-6-7-15(11-28(26)27)18(21)10-14/h2-10H,11H2,1H3,(H,26,27). The van der Waals surface area contributed by atoms with E-state index in [9.17, 15) is 21.8 Å². The van der Waals surface area contributed by atoms with Crippen molar-refractivity contribution in [1.82, 2.24) is 4.98 Å². The van der Waals surface area contributed by atoms with Crippen LogP contribution in [0.4, 0.5) is 17.6 Å². The number of halogens is 4. The number of nitrogens with zero attached hydrogens (tertiary/aromatic N) is 1. The van der Waals surface area contributed by atoms with Gasteiger partial charge in [0.25, 0.3) is 0 Å². The largest absolute Gasteiger partial charge is 0.416 e. The second-order valence-electron chi connectivity index (χ2n) is 6.20. The lowest BCUT2D eigenvalue weighted by atomic mass is 9.95. The van der Waals surface area contributed by atoms with E-state index in [2.05, 4.69) is 4.98 Å². The van der Waals surface area contributed by atoms with Crippen LogP contribution in [0.2, 0.25) is 0 Å². The van der Waals surface area contributed by atoms with E-state index in [1.54, 1.807) is 18.2 Å². The first-order valence-electron chi connectivity index (χ1n) is 8.16. The Kier molecular flexibility index (Phi) is 5.62. The first-order chi connectivity index (χ1) is 13.2. The van der Waals surface area contributed by atoms with Gasteiger partial charge in [-0.25, -0.2) is 8.60 Å². The number of benzene rings is 2. The van der Waals surface area contributed by atoms with Gasteiger partial charge in [-0.3, -0.25) is 4.98 Å². The Morgan fingerprint density at radius 3 is 2.43 bits per heavy atom. The number of alkyl halides is 3. The summed E-state index contributed by atoms with van der Waals surface area (Å²) in [5.74, 6) is -1.04. The van der Waals surface area contributed by atoms with Crippen LogP contribution in [0.25, 0.3) is 22.4 Å². The van der Waals surface area contributed by atoms with Crippen molar-refractivity contribution < 1.29 is 26.3 Å². The summed E-state index contributed by atoms with van der Waals surface area (Å²) >= 11 is -2.19. The van der Waals surface area contributed by atoms with E-state index in [0.29, 0.717) is 22.4 Å². The normalized spacial score (nSPS) is 12.8. The van der Waals surface area contributed by atoms with Crippen molar-refractivity contribution in [3.63, 3.8) is 0 Å². The Labute approximate surface area is 161 Å². The number of rotatable bonds is 4. The summed E-state index contributed by atoms with van der Waals surface area (Å²) in [6.07, 6.45) is -3.03. The minimum atomic E-state index is -4.49. The highest BCUT2D eigenvalue weighted by Gasteiger charge is 2.32. The van der Waals surface area contributed by atoms with Gasteiger partial charge in [-0.1, -0.05) is 30.3 Å². The summed E-state index contributed by atoms with van der Waals surface area (Å²) in [6.45, 7) is 1.38. The van der Waals surface area contributed by atoms with Gasteiger partial charge in [-0.05, 0) is 36.2 Å². The van der Waals surface area contributed by atoms with Gasteiger partial charge in [0.2, 0.25) is 0 Å². The molecule has 1 aromatic heterocycles. The van der Waals surface area contributed by atoms with E-state index < -0.39 is 28.6 Å². The molecule has 3 nitrogen and oxygen atoms in total. The molecule has 1 atom stereocenters. The lowest BCUT2D eigenvalue weighted by Crippen LogP contribution is -2.07. The Balaban J connectivity index is 2.11. The Bertz CT molecular complexity index is 1050. The minimum Gasteiger partial charge on any atom is -0.306 e. The van der Waals surface area contributed by atoms with E-state index in [-0.39, 0.29) is 16.9 Å². The number of hydrogen-bond acceptors (Lipinski definition) is 2. The Hall–Kier alpha value is -2.58. The van der Waals surface area contributed by atoms with E-state index in [4.69, 9.17) is 4.55 Å². The third-order valence-electron chi connectivity index (χ3n) is 4.27. The number of hydrogen-bond donors (Lipinski definition) is 1. The fourth-order valence-corrected chi connectivity index (χ4v) is 3.41. The summed E-state index contributed by atoms with van der Waals surface area (Å²) in [4.78, 5) is 4.21. The van der Waals surface area contributed by atoms with E-state index in [1.807, 2.05) is 0 Å². The molecule has 0 aliphatic heterocycles. The molecule has 0 aliphatic rings. The average Bonchev–Trinajstić information content (AvgIpc) is 2.62. The van der Waals surface area contributed by atoms with Gasteiger partial charge in [0.1, 0.15) is 5.82 Å².